The van der Waals surface area contributed by atoms with E-state index in [9.17, 15) is 4.79 Å². The van der Waals surface area contributed by atoms with Gasteiger partial charge < -0.3 is 9.57 Å². The molecule has 0 spiro atoms. The first-order valence-corrected chi connectivity index (χ1v) is 5.92. The smallest absolute Gasteiger partial charge is 0.291 e. The molecule has 0 atom stereocenters. The predicted octanol–water partition coefficient (Wildman–Crippen LogP) is 2.22. The lowest BCUT2D eigenvalue weighted by atomic mass is 10.1. The zero-order chi connectivity index (χ0) is 13.4. The number of methoxy groups -OCH3 is 1. The molecule has 2 aromatic carbocycles. The third kappa shape index (κ3) is 1.64. The quantitative estimate of drug-likeness (QED) is 0.659. The van der Waals surface area contributed by atoms with Crippen molar-refractivity contribution in [2.75, 3.05) is 14.2 Å². The van der Waals surface area contributed by atoms with Crippen LogP contribution in [0.15, 0.2) is 47.3 Å². The molecular formula is C15H13NO3. The maximum atomic E-state index is 12.3. The van der Waals surface area contributed by atoms with E-state index in [1.165, 1.54) is 11.8 Å². The lowest BCUT2D eigenvalue weighted by Crippen LogP contribution is -2.25. The van der Waals surface area contributed by atoms with Gasteiger partial charge in [-0.05, 0) is 29.7 Å². The van der Waals surface area contributed by atoms with Crippen LogP contribution in [-0.2, 0) is 0 Å². The van der Waals surface area contributed by atoms with E-state index < -0.39 is 0 Å². The van der Waals surface area contributed by atoms with E-state index in [2.05, 4.69) is 0 Å². The van der Waals surface area contributed by atoms with Gasteiger partial charge in [0.2, 0.25) is 0 Å². The first-order valence-electron chi connectivity index (χ1n) is 5.92. The molecule has 0 bridgehead atoms. The summed E-state index contributed by atoms with van der Waals surface area (Å²) < 4.78 is 6.55. The largest absolute Gasteiger partial charge is 0.497 e. The molecule has 3 aromatic rings. The molecule has 0 saturated carbocycles. The Morgan fingerprint density at radius 3 is 2.37 bits per heavy atom. The van der Waals surface area contributed by atoms with Gasteiger partial charge in [0.25, 0.3) is 5.56 Å². The summed E-state index contributed by atoms with van der Waals surface area (Å²) in [7, 11) is 3.11. The number of ether oxygens (including phenoxy) is 1. The van der Waals surface area contributed by atoms with Crippen LogP contribution in [0.1, 0.15) is 0 Å². The van der Waals surface area contributed by atoms with Gasteiger partial charge in [-0.2, -0.15) is 0 Å². The molecule has 4 heteroatoms. The van der Waals surface area contributed by atoms with E-state index in [-0.39, 0.29) is 5.56 Å². The summed E-state index contributed by atoms with van der Waals surface area (Å²) in [4.78, 5) is 17.5. The van der Waals surface area contributed by atoms with Gasteiger partial charge in [-0.3, -0.25) is 4.79 Å². The van der Waals surface area contributed by atoms with Crippen molar-refractivity contribution in [3.8, 4) is 5.75 Å². The summed E-state index contributed by atoms with van der Waals surface area (Å²) in [6, 6.07) is 13.0. The van der Waals surface area contributed by atoms with Crippen molar-refractivity contribution in [2.45, 2.75) is 0 Å². The van der Waals surface area contributed by atoms with Crippen LogP contribution >= 0.6 is 0 Å². The Hall–Kier alpha value is -2.49. The molecule has 0 aliphatic rings. The SMILES string of the molecule is COc1ccc2c(c1)c1ccccc1c(=O)n2OC. The molecule has 1 heterocycles. The van der Waals surface area contributed by atoms with E-state index in [4.69, 9.17) is 9.57 Å². The number of hydrogen-bond acceptors (Lipinski definition) is 3. The van der Waals surface area contributed by atoms with E-state index in [1.807, 2.05) is 36.4 Å². The molecule has 96 valence electrons. The normalized spacial score (nSPS) is 10.8. The fraction of sp³-hybridized carbons (Fsp3) is 0.133. The van der Waals surface area contributed by atoms with Crippen molar-refractivity contribution in [1.82, 2.24) is 4.73 Å². The van der Waals surface area contributed by atoms with E-state index in [0.29, 0.717) is 5.39 Å². The van der Waals surface area contributed by atoms with E-state index in [1.54, 1.807) is 13.2 Å². The van der Waals surface area contributed by atoms with Gasteiger partial charge >= 0.3 is 0 Å². The van der Waals surface area contributed by atoms with Gasteiger partial charge in [0.05, 0.1) is 18.0 Å². The van der Waals surface area contributed by atoms with Gasteiger partial charge in [0.15, 0.2) is 0 Å². The fourth-order valence-electron chi connectivity index (χ4n) is 2.34. The fourth-order valence-corrected chi connectivity index (χ4v) is 2.34. The van der Waals surface area contributed by atoms with Gasteiger partial charge in [-0.1, -0.05) is 18.2 Å². The Bertz CT molecular complexity index is 821. The Kier molecular flexibility index (Phi) is 2.63. The maximum absolute atomic E-state index is 12.3. The molecule has 0 N–H and O–H groups in total. The number of nitrogens with zero attached hydrogens (tertiary/aromatic N) is 1. The second-order valence-corrected chi connectivity index (χ2v) is 4.21. The minimum Gasteiger partial charge on any atom is -0.497 e. The molecule has 0 fully saturated rings. The van der Waals surface area contributed by atoms with Crippen molar-refractivity contribution in [2.24, 2.45) is 0 Å². The Morgan fingerprint density at radius 1 is 0.947 bits per heavy atom. The molecule has 4 nitrogen and oxygen atoms in total. The average Bonchev–Trinajstić information content (AvgIpc) is 2.47. The molecule has 0 unspecified atom stereocenters. The van der Waals surface area contributed by atoms with E-state index in [0.717, 1.165) is 22.0 Å². The first kappa shape index (κ1) is 11.6. The summed E-state index contributed by atoms with van der Waals surface area (Å²) in [5.41, 5.74) is 0.572. The monoisotopic (exact) mass is 255 g/mol. The highest BCUT2D eigenvalue weighted by Gasteiger charge is 2.11. The third-order valence-corrected chi connectivity index (χ3v) is 3.24. The molecule has 1 aromatic heterocycles. The highest BCUT2D eigenvalue weighted by Crippen LogP contribution is 2.26. The van der Waals surface area contributed by atoms with Crippen LogP contribution in [0.4, 0.5) is 0 Å². The van der Waals surface area contributed by atoms with E-state index >= 15 is 0 Å². The predicted molar refractivity (Wildman–Crippen MR) is 74.8 cm³/mol. The second kappa shape index (κ2) is 4.31. The molecule has 0 saturated heterocycles. The molecule has 19 heavy (non-hydrogen) atoms. The lowest BCUT2D eigenvalue weighted by molar-refractivity contribution is 0.170. The van der Waals surface area contributed by atoms with Crippen molar-refractivity contribution in [3.05, 3.63) is 52.8 Å². The molecule has 0 aliphatic heterocycles. The van der Waals surface area contributed by atoms with Crippen LogP contribution < -0.4 is 15.1 Å². The minimum atomic E-state index is -0.157. The minimum absolute atomic E-state index is 0.157. The van der Waals surface area contributed by atoms with Gasteiger partial charge in [-0.25, -0.2) is 0 Å². The summed E-state index contributed by atoms with van der Waals surface area (Å²) in [6.07, 6.45) is 0. The maximum Gasteiger partial charge on any atom is 0.291 e. The number of aromatic nitrogens is 1. The highest BCUT2D eigenvalue weighted by molar-refractivity contribution is 6.05. The summed E-state index contributed by atoms with van der Waals surface area (Å²) in [5.74, 6) is 0.749. The average molecular weight is 255 g/mol. The molecule has 3 rings (SSSR count). The van der Waals surface area contributed by atoms with Crippen molar-refractivity contribution >= 4 is 21.7 Å². The van der Waals surface area contributed by atoms with Crippen LogP contribution in [0.25, 0.3) is 21.7 Å². The lowest BCUT2D eigenvalue weighted by Gasteiger charge is -2.12. The van der Waals surface area contributed by atoms with Crippen LogP contribution in [0, 0.1) is 0 Å². The van der Waals surface area contributed by atoms with Gasteiger partial charge in [-0.15, -0.1) is 4.73 Å². The number of pyridine rings is 1. The summed E-state index contributed by atoms with van der Waals surface area (Å²) >= 11 is 0. The Labute approximate surface area is 109 Å². The topological polar surface area (TPSA) is 40.5 Å². The zero-order valence-corrected chi connectivity index (χ0v) is 10.7. The molecular weight excluding hydrogens is 242 g/mol. The van der Waals surface area contributed by atoms with Crippen LogP contribution in [0.2, 0.25) is 0 Å². The van der Waals surface area contributed by atoms with Crippen LogP contribution in [0.5, 0.6) is 5.75 Å². The number of rotatable bonds is 2. The molecule has 0 radical (unpaired) electrons. The second-order valence-electron chi connectivity index (χ2n) is 4.21. The van der Waals surface area contributed by atoms with Gasteiger partial charge in [0.1, 0.15) is 12.9 Å². The summed E-state index contributed by atoms with van der Waals surface area (Å²) in [6.45, 7) is 0. The third-order valence-electron chi connectivity index (χ3n) is 3.24. The van der Waals surface area contributed by atoms with Gasteiger partial charge in [0, 0.05) is 5.39 Å². The van der Waals surface area contributed by atoms with Crippen molar-refractivity contribution in [3.63, 3.8) is 0 Å². The molecule has 0 aliphatic carbocycles. The molecule has 0 amide bonds. The first-order chi connectivity index (χ1) is 9.26. The van der Waals surface area contributed by atoms with Crippen LogP contribution in [0.3, 0.4) is 0 Å². The number of hydrogen-bond donors (Lipinski definition) is 0. The zero-order valence-electron chi connectivity index (χ0n) is 10.7. The number of benzene rings is 2. The van der Waals surface area contributed by atoms with Crippen molar-refractivity contribution in [1.29, 1.82) is 0 Å². The van der Waals surface area contributed by atoms with Crippen LogP contribution in [-0.4, -0.2) is 19.0 Å². The highest BCUT2D eigenvalue weighted by atomic mass is 16.6. The number of fused-ring (bicyclic) bond motifs is 3. The Balaban J connectivity index is 2.59. The summed E-state index contributed by atoms with van der Waals surface area (Å²) in [5, 5.41) is 2.45. The Morgan fingerprint density at radius 2 is 1.68 bits per heavy atom. The van der Waals surface area contributed by atoms with Crippen molar-refractivity contribution < 1.29 is 9.57 Å². The standard InChI is InChI=1S/C15H13NO3/c1-18-10-7-8-14-13(9-10)11-5-3-4-6-12(11)15(17)16(14)19-2/h3-9H,1-2H3.